The van der Waals surface area contributed by atoms with Gasteiger partial charge in [-0.2, -0.15) is 0 Å². The summed E-state index contributed by atoms with van der Waals surface area (Å²) in [6.07, 6.45) is 1.39. The zero-order chi connectivity index (χ0) is 22.4. The molecule has 0 amide bonds. The van der Waals surface area contributed by atoms with Crippen molar-refractivity contribution in [2.45, 2.75) is 6.92 Å². The molecule has 0 radical (unpaired) electrons. The van der Waals surface area contributed by atoms with Crippen molar-refractivity contribution in [3.8, 4) is 0 Å². The fraction of sp³-hybridized carbons (Fsp3) is 0.182. The van der Waals surface area contributed by atoms with Gasteiger partial charge >= 0.3 is 11.9 Å². The largest absolute Gasteiger partial charge is 0.465 e. The average molecular weight is 421 g/mol. The fourth-order valence-electron chi connectivity index (χ4n) is 3.07. The van der Waals surface area contributed by atoms with Crippen LogP contribution in [0.5, 0.6) is 0 Å². The van der Waals surface area contributed by atoms with Crippen LogP contribution >= 0.6 is 0 Å². The number of hydrogen-bond donors (Lipinski definition) is 2. The molecule has 0 aliphatic rings. The van der Waals surface area contributed by atoms with Crippen molar-refractivity contribution >= 4 is 40.6 Å². The van der Waals surface area contributed by atoms with Gasteiger partial charge in [-0.3, -0.25) is 0 Å². The van der Waals surface area contributed by atoms with E-state index in [2.05, 4.69) is 15.3 Å². The van der Waals surface area contributed by atoms with Crippen molar-refractivity contribution in [2.24, 2.45) is 0 Å². The number of carbonyl (C=O) groups is 2. The van der Waals surface area contributed by atoms with E-state index in [-0.39, 0.29) is 11.1 Å². The third-order valence-corrected chi connectivity index (χ3v) is 4.54. The zero-order valence-corrected chi connectivity index (χ0v) is 17.5. The summed E-state index contributed by atoms with van der Waals surface area (Å²) < 4.78 is 9.54. The number of nitrogens with one attached hydrogen (secondary N) is 1. The lowest BCUT2D eigenvalue weighted by Gasteiger charge is -2.24. The van der Waals surface area contributed by atoms with Crippen molar-refractivity contribution in [3.63, 3.8) is 0 Å². The predicted octanol–water partition coefficient (Wildman–Crippen LogP) is 3.53. The molecule has 9 heteroatoms. The minimum Gasteiger partial charge on any atom is -0.465 e. The average Bonchev–Trinajstić information content (AvgIpc) is 2.81. The van der Waals surface area contributed by atoms with E-state index in [1.165, 1.54) is 38.7 Å². The topological polar surface area (TPSA) is 120 Å². The van der Waals surface area contributed by atoms with Crippen LogP contribution in [0.15, 0.2) is 54.9 Å². The maximum absolute atomic E-state index is 12.0. The molecule has 0 bridgehead atoms. The third kappa shape index (κ3) is 4.72. The van der Waals surface area contributed by atoms with E-state index >= 15 is 0 Å². The van der Waals surface area contributed by atoms with Crippen LogP contribution in [0.2, 0.25) is 0 Å². The predicted molar refractivity (Wildman–Crippen MR) is 118 cm³/mol. The molecule has 0 saturated carbocycles. The number of nitrogens with zero attached hydrogens (tertiary/aromatic N) is 3. The first-order chi connectivity index (χ1) is 15.0. The summed E-state index contributed by atoms with van der Waals surface area (Å²) in [6, 6.07) is 14.2. The van der Waals surface area contributed by atoms with Crippen molar-refractivity contribution in [3.05, 3.63) is 66.0 Å². The molecule has 9 nitrogen and oxygen atoms in total. The number of ether oxygens (including phenoxy) is 2. The highest BCUT2D eigenvalue weighted by molar-refractivity contribution is 5.97. The van der Waals surface area contributed by atoms with Gasteiger partial charge < -0.3 is 25.4 Å². The molecule has 0 aliphatic heterocycles. The molecule has 1 heterocycles. The standard InChI is InChI=1S/C22H23N5O4/c1-4-27(17-8-6-5-7-9-17)20-18(23)19(24-13-25-20)26-16-11-14(21(28)30-2)10-15(12-16)22(29)31-3/h5-13H,4,23H2,1-3H3,(H,24,25,26). The van der Waals surface area contributed by atoms with Gasteiger partial charge in [0.2, 0.25) is 0 Å². The fourth-order valence-corrected chi connectivity index (χ4v) is 3.07. The van der Waals surface area contributed by atoms with E-state index in [0.717, 1.165) is 5.69 Å². The van der Waals surface area contributed by atoms with E-state index in [1.54, 1.807) is 0 Å². The minimum atomic E-state index is -0.591. The first-order valence-electron chi connectivity index (χ1n) is 9.50. The highest BCUT2D eigenvalue weighted by Crippen LogP contribution is 2.33. The van der Waals surface area contributed by atoms with Gasteiger partial charge in [0.15, 0.2) is 11.6 Å². The van der Waals surface area contributed by atoms with Crippen LogP contribution in [0.1, 0.15) is 27.6 Å². The number of hydrogen-bond acceptors (Lipinski definition) is 9. The number of nitrogens with two attached hydrogens (primary N) is 1. The molecule has 0 unspecified atom stereocenters. The Hall–Kier alpha value is -4.14. The highest BCUT2D eigenvalue weighted by Gasteiger charge is 2.18. The number of para-hydroxylation sites is 1. The van der Waals surface area contributed by atoms with Crippen molar-refractivity contribution in [1.82, 2.24) is 9.97 Å². The van der Waals surface area contributed by atoms with E-state index < -0.39 is 11.9 Å². The Morgan fingerprint density at radius 2 is 1.61 bits per heavy atom. The van der Waals surface area contributed by atoms with Crippen LogP contribution in [0, 0.1) is 0 Å². The molecular formula is C22H23N5O4. The van der Waals surface area contributed by atoms with Crippen LogP contribution in [-0.2, 0) is 9.47 Å². The van der Waals surface area contributed by atoms with Crippen LogP contribution in [0.4, 0.5) is 28.7 Å². The number of methoxy groups -OCH3 is 2. The molecule has 0 fully saturated rings. The van der Waals surface area contributed by atoms with Crippen LogP contribution in [-0.4, -0.2) is 42.7 Å². The second-order valence-electron chi connectivity index (χ2n) is 6.45. The summed E-state index contributed by atoms with van der Waals surface area (Å²) in [5.41, 5.74) is 8.41. The molecule has 3 N–H and O–H groups in total. The number of aromatic nitrogens is 2. The van der Waals surface area contributed by atoms with Gasteiger partial charge in [0, 0.05) is 17.9 Å². The number of nitrogen functional groups attached to an aromatic ring is 1. The first-order valence-corrected chi connectivity index (χ1v) is 9.50. The van der Waals surface area contributed by atoms with Gasteiger partial charge in [0.05, 0.1) is 25.3 Å². The molecule has 0 saturated heterocycles. The highest BCUT2D eigenvalue weighted by atomic mass is 16.5. The van der Waals surface area contributed by atoms with Crippen LogP contribution in [0.25, 0.3) is 0 Å². The lowest BCUT2D eigenvalue weighted by atomic mass is 10.1. The van der Waals surface area contributed by atoms with Crippen molar-refractivity contribution < 1.29 is 19.1 Å². The molecule has 1 aromatic heterocycles. The summed E-state index contributed by atoms with van der Waals surface area (Å²) >= 11 is 0. The Labute approximate surface area is 179 Å². The number of benzene rings is 2. The Balaban J connectivity index is 2.01. The Kier molecular flexibility index (Phi) is 6.66. The zero-order valence-electron chi connectivity index (χ0n) is 17.5. The first kappa shape index (κ1) is 21.6. The van der Waals surface area contributed by atoms with Gasteiger partial charge in [-0.15, -0.1) is 0 Å². The Bertz CT molecular complexity index is 1050. The summed E-state index contributed by atoms with van der Waals surface area (Å²) in [4.78, 5) is 34.6. The SMILES string of the molecule is CCN(c1ccccc1)c1ncnc(Nc2cc(C(=O)OC)cc(C(=O)OC)c2)c1N. The maximum atomic E-state index is 12.0. The van der Waals surface area contributed by atoms with Crippen molar-refractivity contribution in [1.29, 1.82) is 0 Å². The molecule has 2 aromatic carbocycles. The summed E-state index contributed by atoms with van der Waals surface area (Å²) in [5, 5.41) is 3.06. The van der Waals surface area contributed by atoms with Gasteiger partial charge in [-0.25, -0.2) is 19.6 Å². The smallest absolute Gasteiger partial charge is 0.337 e. The molecular weight excluding hydrogens is 398 g/mol. The van der Waals surface area contributed by atoms with Crippen LogP contribution < -0.4 is 16.0 Å². The molecule has 31 heavy (non-hydrogen) atoms. The second-order valence-corrected chi connectivity index (χ2v) is 6.45. The van der Waals surface area contributed by atoms with E-state index in [9.17, 15) is 9.59 Å². The van der Waals surface area contributed by atoms with Gasteiger partial charge in [-0.1, -0.05) is 18.2 Å². The number of esters is 2. The number of rotatable bonds is 7. The summed E-state index contributed by atoms with van der Waals surface area (Å²) in [6.45, 7) is 2.62. The van der Waals surface area contributed by atoms with Gasteiger partial charge in [-0.05, 0) is 37.3 Å². The van der Waals surface area contributed by atoms with E-state index in [4.69, 9.17) is 15.2 Å². The third-order valence-electron chi connectivity index (χ3n) is 4.54. The number of carbonyl (C=O) groups excluding carboxylic acids is 2. The minimum absolute atomic E-state index is 0.181. The summed E-state index contributed by atoms with van der Waals surface area (Å²) in [7, 11) is 2.52. The lowest BCUT2D eigenvalue weighted by molar-refractivity contribution is 0.0599. The van der Waals surface area contributed by atoms with Gasteiger partial charge in [0.25, 0.3) is 0 Å². The van der Waals surface area contributed by atoms with Gasteiger partial charge in [0.1, 0.15) is 12.0 Å². The van der Waals surface area contributed by atoms with E-state index in [1.807, 2.05) is 42.2 Å². The summed E-state index contributed by atoms with van der Waals surface area (Å²) in [5.74, 6) is -0.321. The molecule has 0 atom stereocenters. The normalized spacial score (nSPS) is 10.3. The molecule has 3 rings (SSSR count). The quantitative estimate of drug-likeness (QED) is 0.552. The number of anilines is 5. The Morgan fingerprint density at radius 3 is 2.16 bits per heavy atom. The molecule has 3 aromatic rings. The lowest BCUT2D eigenvalue weighted by Crippen LogP contribution is -2.19. The molecule has 0 aliphatic carbocycles. The maximum Gasteiger partial charge on any atom is 0.337 e. The molecule has 0 spiro atoms. The van der Waals surface area contributed by atoms with E-state index in [0.29, 0.717) is 29.6 Å². The Morgan fingerprint density at radius 1 is 1.00 bits per heavy atom. The van der Waals surface area contributed by atoms with Crippen molar-refractivity contribution in [2.75, 3.05) is 36.7 Å². The second kappa shape index (κ2) is 9.57. The molecule has 160 valence electrons. The monoisotopic (exact) mass is 421 g/mol. The van der Waals surface area contributed by atoms with Crippen LogP contribution in [0.3, 0.4) is 0 Å².